The number of rotatable bonds is 5. The number of nitrogens with zero attached hydrogens (tertiary/aromatic N) is 2. The van der Waals surface area contributed by atoms with Crippen LogP contribution in [0.15, 0.2) is 30.3 Å². The molecule has 26 heavy (non-hydrogen) atoms. The van der Waals surface area contributed by atoms with Crippen LogP contribution in [0.25, 0.3) is 6.08 Å². The predicted molar refractivity (Wildman–Crippen MR) is 103 cm³/mol. The minimum Gasteiger partial charge on any atom is -0.493 e. The van der Waals surface area contributed by atoms with E-state index >= 15 is 0 Å². The summed E-state index contributed by atoms with van der Waals surface area (Å²) in [5.74, 6) is 1.13. The maximum absolute atomic E-state index is 12.4. The zero-order valence-corrected chi connectivity index (χ0v) is 16.1. The Labute approximate surface area is 159 Å². The Balaban J connectivity index is 1.70. The lowest BCUT2D eigenvalue weighted by Gasteiger charge is -2.26. The van der Waals surface area contributed by atoms with Crippen LogP contribution in [-0.2, 0) is 11.3 Å². The van der Waals surface area contributed by atoms with Gasteiger partial charge in [0.15, 0.2) is 0 Å². The predicted octanol–water partition coefficient (Wildman–Crippen LogP) is 4.15. The normalized spacial score (nSPS) is 16.6. The van der Waals surface area contributed by atoms with Crippen LogP contribution < -0.4 is 10.1 Å². The van der Waals surface area contributed by atoms with Gasteiger partial charge in [-0.25, -0.2) is 0 Å². The van der Waals surface area contributed by atoms with Crippen molar-refractivity contribution in [3.05, 3.63) is 52.3 Å². The lowest BCUT2D eigenvalue weighted by Crippen LogP contribution is -2.30. The Morgan fingerprint density at radius 3 is 3.00 bits per heavy atom. The summed E-state index contributed by atoms with van der Waals surface area (Å²) in [6.07, 6.45) is 4.01. The first kappa shape index (κ1) is 18.5. The zero-order chi connectivity index (χ0) is 18.7. The van der Waals surface area contributed by atoms with E-state index in [1.807, 2.05) is 31.2 Å². The van der Waals surface area contributed by atoms with Crippen LogP contribution >= 0.6 is 11.6 Å². The Morgan fingerprint density at radius 1 is 1.46 bits per heavy atom. The molecule has 5 nitrogen and oxygen atoms in total. The van der Waals surface area contributed by atoms with Gasteiger partial charge in [0.1, 0.15) is 10.9 Å². The molecule has 1 aliphatic rings. The van der Waals surface area contributed by atoms with E-state index < -0.39 is 0 Å². The first-order chi connectivity index (χ1) is 12.5. The second-order valence-corrected chi connectivity index (χ2v) is 7.29. The van der Waals surface area contributed by atoms with Crippen LogP contribution in [-0.4, -0.2) is 22.3 Å². The van der Waals surface area contributed by atoms with Gasteiger partial charge < -0.3 is 10.1 Å². The number of carbonyl (C=O) groups excluding carboxylic acids is 1. The van der Waals surface area contributed by atoms with Gasteiger partial charge in [-0.15, -0.1) is 0 Å². The molecule has 0 fully saturated rings. The van der Waals surface area contributed by atoms with Crippen molar-refractivity contribution >= 4 is 23.6 Å². The number of halogens is 1. The van der Waals surface area contributed by atoms with E-state index in [9.17, 15) is 4.79 Å². The summed E-state index contributed by atoms with van der Waals surface area (Å²) in [4.78, 5) is 12.4. The molecule has 0 saturated heterocycles. The number of benzene rings is 1. The third kappa shape index (κ3) is 4.10. The summed E-state index contributed by atoms with van der Waals surface area (Å²) >= 11 is 6.42. The van der Waals surface area contributed by atoms with Gasteiger partial charge in [0.05, 0.1) is 18.3 Å². The third-order valence-corrected chi connectivity index (χ3v) is 4.72. The van der Waals surface area contributed by atoms with E-state index in [0.717, 1.165) is 35.5 Å². The van der Waals surface area contributed by atoms with Gasteiger partial charge in [-0.05, 0) is 25.0 Å². The van der Waals surface area contributed by atoms with Crippen molar-refractivity contribution in [1.82, 2.24) is 15.1 Å². The Kier molecular flexibility index (Phi) is 5.67. The molecule has 2 aromatic rings. The fourth-order valence-corrected chi connectivity index (χ4v) is 3.40. The highest BCUT2D eigenvalue weighted by molar-refractivity contribution is 6.31. The monoisotopic (exact) mass is 373 g/mol. The molecular weight excluding hydrogens is 350 g/mol. The molecule has 1 aromatic carbocycles. The molecule has 2 heterocycles. The van der Waals surface area contributed by atoms with E-state index in [0.29, 0.717) is 17.7 Å². The number of hydrogen-bond acceptors (Lipinski definition) is 3. The van der Waals surface area contributed by atoms with Gasteiger partial charge in [0.2, 0.25) is 5.91 Å². The van der Waals surface area contributed by atoms with E-state index in [2.05, 4.69) is 24.3 Å². The second kappa shape index (κ2) is 7.96. The number of fused-ring (bicyclic) bond motifs is 1. The van der Waals surface area contributed by atoms with Crippen molar-refractivity contribution < 1.29 is 9.53 Å². The number of hydrogen-bond donors (Lipinski definition) is 1. The fraction of sp³-hybridized carbons (Fsp3) is 0.400. The number of aromatic nitrogens is 2. The molecule has 138 valence electrons. The lowest BCUT2D eigenvalue weighted by atomic mass is 10.0. The van der Waals surface area contributed by atoms with Gasteiger partial charge in [-0.2, -0.15) is 5.10 Å². The van der Waals surface area contributed by atoms with Gasteiger partial charge in [0.25, 0.3) is 0 Å². The highest BCUT2D eigenvalue weighted by Crippen LogP contribution is 2.31. The highest BCUT2D eigenvalue weighted by Gasteiger charge is 2.22. The molecule has 0 unspecified atom stereocenters. The fourth-order valence-electron chi connectivity index (χ4n) is 3.09. The van der Waals surface area contributed by atoms with Crippen LogP contribution in [0.3, 0.4) is 0 Å². The SMILES string of the molecule is Cc1nn(CC(C)C)c(Cl)c1/C=C/C(=O)N[C@H]1CCOc2ccccc21. The number of para-hydroxylation sites is 1. The number of carbonyl (C=O) groups is 1. The van der Waals surface area contributed by atoms with Gasteiger partial charge in [-0.1, -0.05) is 43.6 Å². The maximum atomic E-state index is 12.4. The maximum Gasteiger partial charge on any atom is 0.244 e. The van der Waals surface area contributed by atoms with Crippen molar-refractivity contribution in [2.24, 2.45) is 5.92 Å². The van der Waals surface area contributed by atoms with Gasteiger partial charge in [-0.3, -0.25) is 9.48 Å². The second-order valence-electron chi connectivity index (χ2n) is 6.94. The number of amides is 1. The first-order valence-corrected chi connectivity index (χ1v) is 9.26. The molecular formula is C20H24ClN3O2. The van der Waals surface area contributed by atoms with Crippen molar-refractivity contribution in [1.29, 1.82) is 0 Å². The summed E-state index contributed by atoms with van der Waals surface area (Å²) in [6, 6.07) is 7.75. The average Bonchev–Trinajstić information content (AvgIpc) is 2.86. The number of nitrogens with one attached hydrogen (secondary N) is 1. The molecule has 1 N–H and O–H groups in total. The first-order valence-electron chi connectivity index (χ1n) is 8.89. The van der Waals surface area contributed by atoms with Crippen molar-refractivity contribution in [2.45, 2.75) is 39.8 Å². The molecule has 1 amide bonds. The minimum atomic E-state index is -0.154. The highest BCUT2D eigenvalue weighted by atomic mass is 35.5. The van der Waals surface area contributed by atoms with Crippen molar-refractivity contribution in [3.8, 4) is 5.75 Å². The Morgan fingerprint density at radius 2 is 2.23 bits per heavy atom. The molecule has 0 aliphatic carbocycles. The van der Waals surface area contributed by atoms with Gasteiger partial charge >= 0.3 is 0 Å². The molecule has 0 saturated carbocycles. The molecule has 1 atom stereocenters. The molecule has 0 radical (unpaired) electrons. The Hall–Kier alpha value is -2.27. The smallest absolute Gasteiger partial charge is 0.244 e. The molecule has 0 bridgehead atoms. The van der Waals surface area contributed by atoms with Crippen molar-refractivity contribution in [2.75, 3.05) is 6.61 Å². The van der Waals surface area contributed by atoms with E-state index in [1.165, 1.54) is 6.08 Å². The lowest BCUT2D eigenvalue weighted by molar-refractivity contribution is -0.117. The van der Waals surface area contributed by atoms with E-state index in [-0.39, 0.29) is 11.9 Å². The topological polar surface area (TPSA) is 56.2 Å². The largest absolute Gasteiger partial charge is 0.493 e. The number of ether oxygens (including phenoxy) is 1. The van der Waals surface area contributed by atoms with Crippen LogP contribution in [0.1, 0.15) is 43.1 Å². The van der Waals surface area contributed by atoms with Crippen LogP contribution in [0.4, 0.5) is 0 Å². The third-order valence-electron chi connectivity index (χ3n) is 4.32. The molecule has 3 rings (SSSR count). The van der Waals surface area contributed by atoms with E-state index in [4.69, 9.17) is 16.3 Å². The quantitative estimate of drug-likeness (QED) is 0.801. The standard InChI is InChI=1S/C20H24ClN3O2/c1-13(2)12-24-20(21)15(14(3)23-24)8-9-19(25)22-17-10-11-26-18-7-5-4-6-16(17)18/h4-9,13,17H,10-12H2,1-3H3,(H,22,25)/b9-8+/t17-/m0/s1. The Bertz CT molecular complexity index is 826. The van der Waals surface area contributed by atoms with Gasteiger partial charge in [0, 0.05) is 30.2 Å². The molecule has 0 spiro atoms. The molecule has 6 heteroatoms. The van der Waals surface area contributed by atoms with Crippen LogP contribution in [0.5, 0.6) is 5.75 Å². The van der Waals surface area contributed by atoms with Crippen LogP contribution in [0, 0.1) is 12.8 Å². The molecule has 1 aliphatic heterocycles. The summed E-state index contributed by atoms with van der Waals surface area (Å²) in [5.41, 5.74) is 2.62. The van der Waals surface area contributed by atoms with E-state index in [1.54, 1.807) is 10.8 Å². The van der Waals surface area contributed by atoms with Crippen molar-refractivity contribution in [3.63, 3.8) is 0 Å². The average molecular weight is 374 g/mol. The summed E-state index contributed by atoms with van der Waals surface area (Å²) in [5, 5.41) is 8.07. The summed E-state index contributed by atoms with van der Waals surface area (Å²) < 4.78 is 7.42. The number of aryl methyl sites for hydroxylation is 1. The molecule has 1 aromatic heterocycles. The zero-order valence-electron chi connectivity index (χ0n) is 15.3. The summed E-state index contributed by atoms with van der Waals surface area (Å²) in [7, 11) is 0. The van der Waals surface area contributed by atoms with Crippen LogP contribution in [0.2, 0.25) is 5.15 Å². The minimum absolute atomic E-state index is 0.0441. The summed E-state index contributed by atoms with van der Waals surface area (Å²) in [6.45, 7) is 7.47.